The van der Waals surface area contributed by atoms with Crippen LogP contribution in [-0.2, 0) is 9.22 Å². The minimum atomic E-state index is -1.53. The van der Waals surface area contributed by atoms with Gasteiger partial charge in [-0.1, -0.05) is 13.5 Å². The van der Waals surface area contributed by atoms with Crippen LogP contribution in [0.4, 0.5) is 0 Å². The first-order valence-corrected chi connectivity index (χ1v) is 8.00. The Balaban J connectivity index is 3.96. The summed E-state index contributed by atoms with van der Waals surface area (Å²) in [7, 11) is -1.53. The van der Waals surface area contributed by atoms with E-state index in [4.69, 9.17) is 4.43 Å². The molecule has 0 amide bonds. The van der Waals surface area contributed by atoms with Gasteiger partial charge in [-0.05, 0) is 26.6 Å². The van der Waals surface area contributed by atoms with Crippen LogP contribution in [0.25, 0.3) is 0 Å². The molecule has 1 atom stereocenters. The Morgan fingerprint density at radius 3 is 2.23 bits per heavy atom. The number of carbonyl (C=O) groups is 1. The van der Waals surface area contributed by atoms with Crippen molar-refractivity contribution in [3.8, 4) is 0 Å². The van der Waals surface area contributed by atoms with Crippen molar-refractivity contribution in [2.45, 2.75) is 39.9 Å². The second-order valence-electron chi connectivity index (χ2n) is 4.47. The van der Waals surface area contributed by atoms with Crippen molar-refractivity contribution in [1.82, 2.24) is 0 Å². The van der Waals surface area contributed by atoms with E-state index in [9.17, 15) is 4.79 Å². The van der Waals surface area contributed by atoms with Gasteiger partial charge in [0.1, 0.15) is 5.78 Å². The summed E-state index contributed by atoms with van der Waals surface area (Å²) in [6.07, 6.45) is 0.652. The molecule has 0 aliphatic carbocycles. The second kappa shape index (κ2) is 4.60. The minimum absolute atomic E-state index is 0.0313. The number of allylic oxidation sites excluding steroid dienone is 1. The zero-order chi connectivity index (χ0) is 10.6. The predicted molar refractivity (Wildman–Crippen MR) is 58.0 cm³/mol. The lowest BCUT2D eigenvalue weighted by atomic mass is 10.0. The summed E-state index contributed by atoms with van der Waals surface area (Å²) in [4.78, 5) is 11.0. The van der Waals surface area contributed by atoms with Crippen LogP contribution in [0.15, 0.2) is 12.3 Å². The number of hydrogen-bond acceptors (Lipinski definition) is 2. The first kappa shape index (κ1) is 12.4. The molecule has 3 heteroatoms. The van der Waals surface area contributed by atoms with E-state index < -0.39 is 8.32 Å². The summed E-state index contributed by atoms with van der Waals surface area (Å²) in [5.74, 6) is 0.978. The van der Waals surface area contributed by atoms with Gasteiger partial charge in [0.2, 0.25) is 8.32 Å². The summed E-state index contributed by atoms with van der Waals surface area (Å²) < 4.78 is 5.65. The van der Waals surface area contributed by atoms with Gasteiger partial charge in [-0.25, -0.2) is 0 Å². The first-order valence-electron chi connectivity index (χ1n) is 4.59. The lowest BCUT2D eigenvalue weighted by Gasteiger charge is -2.22. The molecular weight excluding hydrogens is 180 g/mol. The Bertz CT molecular complexity index is 203. The van der Waals surface area contributed by atoms with E-state index in [1.54, 1.807) is 6.92 Å². The van der Waals surface area contributed by atoms with Crippen LogP contribution < -0.4 is 0 Å². The largest absolute Gasteiger partial charge is 0.548 e. The molecule has 0 aliphatic heterocycles. The maximum atomic E-state index is 11.0. The molecule has 0 radical (unpaired) electrons. The molecule has 0 aromatic rings. The van der Waals surface area contributed by atoms with Gasteiger partial charge in [-0.3, -0.25) is 4.79 Å². The zero-order valence-corrected chi connectivity index (χ0v) is 10.3. The van der Waals surface area contributed by atoms with Gasteiger partial charge in [-0.2, -0.15) is 0 Å². The van der Waals surface area contributed by atoms with Crippen LogP contribution in [0.5, 0.6) is 0 Å². The van der Waals surface area contributed by atoms with Crippen molar-refractivity contribution in [3.63, 3.8) is 0 Å². The fraction of sp³-hybridized carbons (Fsp3) is 0.700. The van der Waals surface area contributed by atoms with E-state index >= 15 is 0 Å². The zero-order valence-electron chi connectivity index (χ0n) is 9.31. The highest BCUT2D eigenvalue weighted by molar-refractivity contribution is 6.70. The van der Waals surface area contributed by atoms with E-state index in [-0.39, 0.29) is 11.7 Å². The molecule has 0 aromatic heterocycles. The molecule has 0 saturated carbocycles. The average Bonchev–Trinajstić information content (AvgIpc) is 1.81. The Morgan fingerprint density at radius 2 is 1.92 bits per heavy atom. The number of ketones is 1. The van der Waals surface area contributed by atoms with E-state index in [0.717, 1.165) is 5.76 Å². The topological polar surface area (TPSA) is 26.3 Å². The van der Waals surface area contributed by atoms with Crippen molar-refractivity contribution < 1.29 is 9.22 Å². The van der Waals surface area contributed by atoms with Crippen molar-refractivity contribution in [1.29, 1.82) is 0 Å². The molecule has 0 fully saturated rings. The van der Waals surface area contributed by atoms with E-state index in [1.165, 1.54) is 0 Å². The number of Topliss-reactive ketones (excluding diaryl/α,β-unsaturated/α-hetero) is 1. The summed E-state index contributed by atoms with van der Waals surface area (Å²) in [6.45, 7) is 13.7. The second-order valence-corrected chi connectivity index (χ2v) is 8.90. The molecular formula is C10H20O2Si. The van der Waals surface area contributed by atoms with Gasteiger partial charge in [0.05, 0.1) is 5.76 Å². The normalized spacial score (nSPS) is 13.6. The van der Waals surface area contributed by atoms with Gasteiger partial charge >= 0.3 is 0 Å². The van der Waals surface area contributed by atoms with E-state index in [1.807, 2.05) is 6.92 Å². The molecule has 0 bridgehead atoms. The van der Waals surface area contributed by atoms with Crippen LogP contribution in [0.2, 0.25) is 19.6 Å². The van der Waals surface area contributed by atoms with Crippen LogP contribution in [0.3, 0.4) is 0 Å². The van der Waals surface area contributed by atoms with Gasteiger partial charge in [0, 0.05) is 12.3 Å². The summed E-state index contributed by atoms with van der Waals surface area (Å²) >= 11 is 0. The van der Waals surface area contributed by atoms with E-state index in [2.05, 4.69) is 26.2 Å². The average molecular weight is 200 g/mol. The van der Waals surface area contributed by atoms with Crippen molar-refractivity contribution >= 4 is 14.1 Å². The lowest BCUT2D eigenvalue weighted by Crippen LogP contribution is -2.25. The highest BCUT2D eigenvalue weighted by Crippen LogP contribution is 2.16. The molecule has 0 spiro atoms. The minimum Gasteiger partial charge on any atom is -0.548 e. The first-order chi connectivity index (χ1) is 5.72. The van der Waals surface area contributed by atoms with Crippen molar-refractivity contribution in [2.75, 3.05) is 0 Å². The number of hydrogen-bond donors (Lipinski definition) is 0. The SMILES string of the molecule is C=C(C[C@@H](C)C(C)=O)O[Si](C)(C)C. The maximum Gasteiger partial charge on any atom is 0.241 e. The van der Waals surface area contributed by atoms with Crippen LogP contribution in [0, 0.1) is 5.92 Å². The van der Waals surface area contributed by atoms with E-state index in [0.29, 0.717) is 6.42 Å². The van der Waals surface area contributed by atoms with Gasteiger partial charge < -0.3 is 4.43 Å². The fourth-order valence-electron chi connectivity index (χ4n) is 0.960. The van der Waals surface area contributed by atoms with Crippen molar-refractivity contribution in [2.24, 2.45) is 5.92 Å². The number of rotatable bonds is 5. The quantitative estimate of drug-likeness (QED) is 0.504. The molecule has 0 N–H and O–H groups in total. The maximum absolute atomic E-state index is 11.0. The van der Waals surface area contributed by atoms with Gasteiger partial charge in [-0.15, -0.1) is 0 Å². The lowest BCUT2D eigenvalue weighted by molar-refractivity contribution is -0.120. The van der Waals surface area contributed by atoms with Crippen LogP contribution >= 0.6 is 0 Å². The molecule has 0 saturated heterocycles. The highest BCUT2D eigenvalue weighted by atomic mass is 28.4. The summed E-state index contributed by atoms with van der Waals surface area (Å²) in [5.41, 5.74) is 0. The molecule has 0 unspecified atom stereocenters. The standard InChI is InChI=1S/C10H20O2Si/c1-8(10(3)11)7-9(2)12-13(4,5)6/h8H,2,7H2,1,3-6H3/t8-/m1/s1. The Morgan fingerprint density at radius 1 is 1.46 bits per heavy atom. The fourth-order valence-corrected chi connectivity index (χ4v) is 1.91. The summed E-state index contributed by atoms with van der Waals surface area (Å²) in [5, 5.41) is 0. The molecule has 0 aliphatic rings. The molecule has 0 rings (SSSR count). The van der Waals surface area contributed by atoms with Gasteiger partial charge in [0.15, 0.2) is 0 Å². The molecule has 2 nitrogen and oxygen atoms in total. The third-order valence-corrected chi connectivity index (χ3v) is 2.58. The Hall–Kier alpha value is -0.573. The van der Waals surface area contributed by atoms with Crippen LogP contribution in [-0.4, -0.2) is 14.1 Å². The molecule has 0 heterocycles. The summed E-state index contributed by atoms with van der Waals surface area (Å²) in [6, 6.07) is 0. The smallest absolute Gasteiger partial charge is 0.241 e. The Labute approximate surface area is 82.1 Å². The highest BCUT2D eigenvalue weighted by Gasteiger charge is 2.18. The molecule has 13 heavy (non-hydrogen) atoms. The molecule has 0 aromatic carbocycles. The van der Waals surface area contributed by atoms with Gasteiger partial charge in [0.25, 0.3) is 0 Å². The number of carbonyl (C=O) groups excluding carboxylic acids is 1. The monoisotopic (exact) mass is 200 g/mol. The van der Waals surface area contributed by atoms with Crippen molar-refractivity contribution in [3.05, 3.63) is 12.3 Å². The Kier molecular flexibility index (Phi) is 4.40. The third kappa shape index (κ3) is 6.58. The molecule has 76 valence electrons. The third-order valence-electron chi connectivity index (χ3n) is 1.68. The van der Waals surface area contributed by atoms with Crippen LogP contribution in [0.1, 0.15) is 20.3 Å². The predicted octanol–water partition coefficient (Wildman–Crippen LogP) is 2.97.